The molecule has 0 spiro atoms. The van der Waals surface area contributed by atoms with Crippen LogP contribution in [-0.2, 0) is 0 Å². The van der Waals surface area contributed by atoms with Gasteiger partial charge in [-0.15, -0.1) is 0 Å². The molecular weight excluding hydrogens is 204 g/mol. The Morgan fingerprint density at radius 1 is 1.71 bits per heavy atom. The van der Waals surface area contributed by atoms with E-state index in [4.69, 9.17) is 22.4 Å². The number of aliphatic hydroxyl groups is 1. The van der Waals surface area contributed by atoms with Crippen LogP contribution < -0.4 is 11.1 Å². The highest BCUT2D eigenvalue weighted by Gasteiger charge is 2.08. The molecule has 5 nitrogen and oxygen atoms in total. The van der Waals surface area contributed by atoms with Crippen molar-refractivity contribution in [1.29, 1.82) is 0 Å². The van der Waals surface area contributed by atoms with Crippen LogP contribution in [0, 0.1) is 0 Å². The first-order valence-electron chi connectivity index (χ1n) is 4.32. The monoisotopic (exact) mass is 216 g/mol. The molecule has 0 fully saturated rings. The van der Waals surface area contributed by atoms with E-state index < -0.39 is 0 Å². The fraction of sp³-hybridized carbons (Fsp3) is 0.500. The molecule has 0 unspecified atom stereocenters. The summed E-state index contributed by atoms with van der Waals surface area (Å²) in [6.45, 7) is 1.96. The van der Waals surface area contributed by atoms with Crippen LogP contribution in [0.5, 0.6) is 0 Å². The summed E-state index contributed by atoms with van der Waals surface area (Å²) in [7, 11) is 0. The Labute approximate surface area is 87.3 Å². The van der Waals surface area contributed by atoms with Crippen LogP contribution in [0.4, 0.5) is 11.6 Å². The molecule has 0 amide bonds. The average molecular weight is 217 g/mol. The van der Waals surface area contributed by atoms with Gasteiger partial charge in [-0.1, -0.05) is 18.5 Å². The maximum absolute atomic E-state index is 8.96. The van der Waals surface area contributed by atoms with Gasteiger partial charge in [0.05, 0.1) is 18.8 Å². The van der Waals surface area contributed by atoms with Gasteiger partial charge in [0.2, 0.25) is 0 Å². The number of nitrogens with one attached hydrogen (secondary N) is 1. The Morgan fingerprint density at radius 2 is 2.43 bits per heavy atom. The fourth-order valence-electron chi connectivity index (χ4n) is 0.953. The summed E-state index contributed by atoms with van der Waals surface area (Å²) in [4.78, 5) is 7.80. The molecule has 1 rings (SSSR count). The number of aromatic nitrogens is 2. The largest absolute Gasteiger partial charge is 0.394 e. The van der Waals surface area contributed by atoms with Crippen molar-refractivity contribution in [1.82, 2.24) is 9.97 Å². The zero-order valence-electron chi connectivity index (χ0n) is 7.87. The molecule has 1 aromatic rings. The van der Waals surface area contributed by atoms with Crippen molar-refractivity contribution >= 4 is 23.2 Å². The van der Waals surface area contributed by atoms with E-state index in [1.54, 1.807) is 0 Å². The molecule has 1 aromatic heterocycles. The van der Waals surface area contributed by atoms with Gasteiger partial charge in [0, 0.05) is 0 Å². The van der Waals surface area contributed by atoms with Gasteiger partial charge in [0.15, 0.2) is 11.6 Å². The van der Waals surface area contributed by atoms with Crippen molar-refractivity contribution in [2.24, 2.45) is 0 Å². The summed E-state index contributed by atoms with van der Waals surface area (Å²) in [6, 6.07) is -0.0786. The van der Waals surface area contributed by atoms with Crippen molar-refractivity contribution in [2.75, 3.05) is 17.7 Å². The van der Waals surface area contributed by atoms with Crippen LogP contribution >= 0.6 is 11.6 Å². The molecule has 14 heavy (non-hydrogen) atoms. The molecule has 0 saturated heterocycles. The van der Waals surface area contributed by atoms with Crippen molar-refractivity contribution in [3.63, 3.8) is 0 Å². The van der Waals surface area contributed by atoms with Crippen molar-refractivity contribution in [3.8, 4) is 0 Å². The number of aliphatic hydroxyl groups excluding tert-OH is 1. The zero-order valence-corrected chi connectivity index (χ0v) is 8.62. The second-order valence-corrected chi connectivity index (χ2v) is 3.25. The third kappa shape index (κ3) is 2.71. The minimum Gasteiger partial charge on any atom is -0.394 e. The Morgan fingerprint density at radius 3 is 3.00 bits per heavy atom. The number of rotatable bonds is 4. The van der Waals surface area contributed by atoms with Crippen LogP contribution in [0.1, 0.15) is 13.3 Å². The van der Waals surface area contributed by atoms with Gasteiger partial charge in [-0.05, 0) is 6.42 Å². The van der Waals surface area contributed by atoms with E-state index in [1.807, 2.05) is 6.92 Å². The number of hydrogen-bond donors (Lipinski definition) is 3. The van der Waals surface area contributed by atoms with Crippen molar-refractivity contribution < 1.29 is 5.11 Å². The topological polar surface area (TPSA) is 84.1 Å². The normalized spacial score (nSPS) is 12.5. The molecule has 0 aliphatic rings. The Bertz CT molecular complexity index is 303. The van der Waals surface area contributed by atoms with Gasteiger partial charge in [-0.25, -0.2) is 9.97 Å². The van der Waals surface area contributed by atoms with E-state index in [1.165, 1.54) is 6.20 Å². The second kappa shape index (κ2) is 4.97. The quantitative estimate of drug-likeness (QED) is 0.696. The van der Waals surface area contributed by atoms with Gasteiger partial charge < -0.3 is 16.2 Å². The minimum atomic E-state index is -0.0786. The van der Waals surface area contributed by atoms with E-state index in [9.17, 15) is 0 Å². The lowest BCUT2D eigenvalue weighted by molar-refractivity contribution is 0.271. The van der Waals surface area contributed by atoms with Crippen LogP contribution in [-0.4, -0.2) is 27.7 Å². The number of anilines is 2. The summed E-state index contributed by atoms with van der Waals surface area (Å²) < 4.78 is 0. The first-order valence-corrected chi connectivity index (χ1v) is 4.70. The molecule has 0 radical (unpaired) electrons. The SMILES string of the molecule is CC[C@@H](CO)Nc1nc(Cl)cnc1N. The molecule has 0 saturated carbocycles. The van der Waals surface area contributed by atoms with Gasteiger partial charge in [-0.2, -0.15) is 0 Å². The number of nitrogens with two attached hydrogens (primary N) is 1. The molecule has 0 aromatic carbocycles. The Hall–Kier alpha value is -1.07. The highest BCUT2D eigenvalue weighted by molar-refractivity contribution is 6.29. The number of nitrogen functional groups attached to an aromatic ring is 1. The van der Waals surface area contributed by atoms with Gasteiger partial charge >= 0.3 is 0 Å². The number of nitrogens with zero attached hydrogens (tertiary/aromatic N) is 2. The maximum atomic E-state index is 8.96. The van der Waals surface area contributed by atoms with E-state index in [2.05, 4.69) is 15.3 Å². The first kappa shape index (κ1) is 11.0. The van der Waals surface area contributed by atoms with Crippen LogP contribution in [0.15, 0.2) is 6.20 Å². The molecule has 1 atom stereocenters. The molecular formula is C8H13ClN4O. The lowest BCUT2D eigenvalue weighted by atomic mass is 10.2. The fourth-order valence-corrected chi connectivity index (χ4v) is 1.09. The highest BCUT2D eigenvalue weighted by Crippen LogP contribution is 2.16. The molecule has 0 aliphatic carbocycles. The van der Waals surface area contributed by atoms with Gasteiger partial charge in [0.25, 0.3) is 0 Å². The standard InChI is InChI=1S/C8H13ClN4O/c1-2-5(4-14)12-8-7(10)11-3-6(9)13-8/h3,5,14H,2,4H2,1H3,(H2,10,11)(H,12,13)/t5-/m0/s1. The molecule has 78 valence electrons. The molecule has 4 N–H and O–H groups in total. The van der Waals surface area contributed by atoms with Crippen LogP contribution in [0.3, 0.4) is 0 Å². The van der Waals surface area contributed by atoms with E-state index in [-0.39, 0.29) is 23.6 Å². The Balaban J connectivity index is 2.79. The van der Waals surface area contributed by atoms with Gasteiger partial charge in [-0.3, -0.25) is 0 Å². The molecule has 1 heterocycles. The maximum Gasteiger partial charge on any atom is 0.170 e. The summed E-state index contributed by atoms with van der Waals surface area (Å²) >= 11 is 5.65. The highest BCUT2D eigenvalue weighted by atomic mass is 35.5. The summed E-state index contributed by atoms with van der Waals surface area (Å²) in [5.41, 5.74) is 5.57. The third-order valence-corrected chi connectivity index (χ3v) is 2.01. The third-order valence-electron chi connectivity index (χ3n) is 1.83. The van der Waals surface area contributed by atoms with Crippen molar-refractivity contribution in [2.45, 2.75) is 19.4 Å². The van der Waals surface area contributed by atoms with E-state index in [0.717, 1.165) is 6.42 Å². The Kier molecular flexibility index (Phi) is 3.91. The second-order valence-electron chi connectivity index (χ2n) is 2.86. The smallest absolute Gasteiger partial charge is 0.170 e. The van der Waals surface area contributed by atoms with Gasteiger partial charge in [0.1, 0.15) is 5.15 Å². The van der Waals surface area contributed by atoms with E-state index in [0.29, 0.717) is 5.82 Å². The van der Waals surface area contributed by atoms with Crippen LogP contribution in [0.25, 0.3) is 0 Å². The summed E-state index contributed by atoms with van der Waals surface area (Å²) in [5.74, 6) is 0.694. The molecule has 6 heteroatoms. The number of halogens is 1. The summed E-state index contributed by atoms with van der Waals surface area (Å²) in [5, 5.41) is 12.2. The zero-order chi connectivity index (χ0) is 10.6. The lowest BCUT2D eigenvalue weighted by Crippen LogP contribution is -2.24. The molecule has 0 aliphatic heterocycles. The predicted octanol–water partition coefficient (Wildman–Crippen LogP) is 0.895. The van der Waals surface area contributed by atoms with Crippen LogP contribution in [0.2, 0.25) is 5.15 Å². The summed E-state index contributed by atoms with van der Waals surface area (Å²) in [6.07, 6.45) is 2.14. The van der Waals surface area contributed by atoms with Crippen molar-refractivity contribution in [3.05, 3.63) is 11.3 Å². The average Bonchev–Trinajstić information content (AvgIpc) is 2.19. The predicted molar refractivity (Wildman–Crippen MR) is 56.2 cm³/mol. The minimum absolute atomic E-state index is 0.0180. The van der Waals surface area contributed by atoms with E-state index >= 15 is 0 Å². The number of hydrogen-bond acceptors (Lipinski definition) is 5. The first-order chi connectivity index (χ1) is 6.67. The lowest BCUT2D eigenvalue weighted by Gasteiger charge is -2.15. The molecule has 0 bridgehead atoms.